The zero-order valence-electron chi connectivity index (χ0n) is 22.4. The largest absolute Gasteiger partial charge is 0.395 e. The molecule has 1 unspecified atom stereocenters. The Morgan fingerprint density at radius 3 is 2.38 bits per heavy atom. The van der Waals surface area contributed by atoms with Gasteiger partial charge in [0.25, 0.3) is 0 Å². The molecule has 1 aliphatic heterocycles. The summed E-state index contributed by atoms with van der Waals surface area (Å²) in [6.45, 7) is 17.0. The molecule has 0 amide bonds. The van der Waals surface area contributed by atoms with Crippen molar-refractivity contribution in [1.82, 2.24) is 9.88 Å². The highest BCUT2D eigenvalue weighted by atomic mass is 32.1. The van der Waals surface area contributed by atoms with E-state index in [1.165, 1.54) is 47.4 Å². The van der Waals surface area contributed by atoms with E-state index in [0.29, 0.717) is 5.92 Å². The van der Waals surface area contributed by atoms with Gasteiger partial charge in [0.2, 0.25) is 0 Å². The Bertz CT molecular complexity index is 912. The number of aliphatic hydroxyl groups is 1. The number of hydrogen-bond donors (Lipinski definition) is 2. The Labute approximate surface area is 212 Å². The van der Waals surface area contributed by atoms with Gasteiger partial charge in [0, 0.05) is 22.9 Å². The molecule has 1 fully saturated rings. The Balaban J connectivity index is 0.00000158. The summed E-state index contributed by atoms with van der Waals surface area (Å²) in [5, 5.41) is 12.6. The number of aliphatic hydroxyl groups excluding tert-OH is 1. The van der Waals surface area contributed by atoms with E-state index < -0.39 is 0 Å². The summed E-state index contributed by atoms with van der Waals surface area (Å²) in [4.78, 5) is 7.66. The van der Waals surface area contributed by atoms with Gasteiger partial charge in [0.1, 0.15) is 0 Å². The maximum atomic E-state index is 9.08. The number of hydrogen-bond acceptors (Lipinski definition) is 5. The Morgan fingerprint density at radius 1 is 1.09 bits per heavy atom. The molecule has 5 heteroatoms. The molecule has 4 rings (SSSR count). The van der Waals surface area contributed by atoms with Gasteiger partial charge in [-0.05, 0) is 86.2 Å². The summed E-state index contributed by atoms with van der Waals surface area (Å²) in [7, 11) is 0. The highest BCUT2D eigenvalue weighted by Crippen LogP contribution is 2.47. The van der Waals surface area contributed by atoms with Crippen LogP contribution in [0.4, 0.5) is 0 Å². The summed E-state index contributed by atoms with van der Waals surface area (Å²) in [5.41, 5.74) is 11.8. The zero-order valence-corrected chi connectivity index (χ0v) is 23.2. The number of likely N-dealkylation sites (tertiary alicyclic amines) is 1. The van der Waals surface area contributed by atoms with Crippen molar-refractivity contribution in [2.75, 3.05) is 26.2 Å². The molecular formula is C29H47N3OS. The van der Waals surface area contributed by atoms with Crippen molar-refractivity contribution in [3.63, 3.8) is 0 Å². The molecule has 1 aliphatic carbocycles. The number of rotatable bonds is 7. The van der Waals surface area contributed by atoms with Crippen LogP contribution in [0.25, 0.3) is 11.3 Å². The van der Waals surface area contributed by atoms with Crippen LogP contribution >= 0.6 is 11.3 Å². The maximum absolute atomic E-state index is 9.08. The van der Waals surface area contributed by atoms with Crippen molar-refractivity contribution < 1.29 is 5.11 Å². The van der Waals surface area contributed by atoms with Crippen molar-refractivity contribution in [1.29, 1.82) is 0 Å². The van der Waals surface area contributed by atoms with Crippen molar-refractivity contribution in [3.05, 3.63) is 39.7 Å². The highest BCUT2D eigenvalue weighted by molar-refractivity contribution is 7.10. The number of benzene rings is 1. The SMILES string of the molecule is CC.CC1(C)CCC(C)(C)c2cc(-c3csc(C4CCN(CCCC(N)CO)CC4)n3)ccc21. The van der Waals surface area contributed by atoms with Gasteiger partial charge in [-0.3, -0.25) is 0 Å². The van der Waals surface area contributed by atoms with Crippen LogP contribution < -0.4 is 5.73 Å². The van der Waals surface area contributed by atoms with E-state index in [1.807, 2.05) is 25.2 Å². The molecule has 2 aromatic rings. The number of nitrogens with zero attached hydrogens (tertiary/aromatic N) is 2. The topological polar surface area (TPSA) is 62.4 Å². The molecule has 3 N–H and O–H groups in total. The predicted octanol–water partition coefficient (Wildman–Crippen LogP) is 6.46. The molecule has 2 heterocycles. The monoisotopic (exact) mass is 485 g/mol. The second kappa shape index (κ2) is 11.6. The third-order valence-corrected chi connectivity index (χ3v) is 8.90. The lowest BCUT2D eigenvalue weighted by Crippen LogP contribution is -2.34. The fourth-order valence-electron chi connectivity index (χ4n) is 5.43. The summed E-state index contributed by atoms with van der Waals surface area (Å²) >= 11 is 1.84. The molecule has 1 aromatic heterocycles. The first-order valence-corrected chi connectivity index (χ1v) is 14.3. The number of thiazole rings is 1. The van der Waals surface area contributed by atoms with E-state index >= 15 is 0 Å². The standard InChI is InChI=1S/C27H41N3OS.C2H6/c1-26(2)11-12-27(3,4)23-16-20(7-8-22(23)26)24-18-32-25(29-24)19-9-14-30(15-10-19)13-5-6-21(28)17-31;1-2/h7-8,16,18-19,21,31H,5-6,9-15,17,28H2,1-4H3;1-2H3. The van der Waals surface area contributed by atoms with Crippen molar-refractivity contribution in [2.24, 2.45) is 5.73 Å². The van der Waals surface area contributed by atoms with E-state index in [1.54, 1.807) is 0 Å². The van der Waals surface area contributed by atoms with Gasteiger partial charge in [-0.1, -0.05) is 53.7 Å². The predicted molar refractivity (Wildman–Crippen MR) is 147 cm³/mol. The molecule has 34 heavy (non-hydrogen) atoms. The van der Waals surface area contributed by atoms with E-state index in [2.05, 4.69) is 56.2 Å². The summed E-state index contributed by atoms with van der Waals surface area (Å²) in [5.74, 6) is 0.581. The van der Waals surface area contributed by atoms with Crippen LogP contribution in [-0.2, 0) is 10.8 Å². The average molecular weight is 486 g/mol. The maximum Gasteiger partial charge on any atom is 0.0964 e. The first-order valence-electron chi connectivity index (χ1n) is 13.4. The highest BCUT2D eigenvalue weighted by Gasteiger charge is 2.37. The molecular weight excluding hydrogens is 438 g/mol. The van der Waals surface area contributed by atoms with Gasteiger partial charge in [-0.15, -0.1) is 11.3 Å². The van der Waals surface area contributed by atoms with Gasteiger partial charge < -0.3 is 15.7 Å². The molecule has 2 aliphatic rings. The Kier molecular flexibility index (Phi) is 9.36. The van der Waals surface area contributed by atoms with Crippen LogP contribution in [0.15, 0.2) is 23.6 Å². The number of nitrogens with two attached hydrogens (primary N) is 1. The van der Waals surface area contributed by atoms with Crippen LogP contribution in [-0.4, -0.2) is 47.3 Å². The van der Waals surface area contributed by atoms with Gasteiger partial charge >= 0.3 is 0 Å². The van der Waals surface area contributed by atoms with Crippen molar-refractivity contribution in [2.45, 2.75) is 103 Å². The summed E-state index contributed by atoms with van der Waals surface area (Å²) < 4.78 is 0. The van der Waals surface area contributed by atoms with E-state index in [-0.39, 0.29) is 23.5 Å². The molecule has 4 nitrogen and oxygen atoms in total. The van der Waals surface area contributed by atoms with Crippen molar-refractivity contribution >= 4 is 11.3 Å². The van der Waals surface area contributed by atoms with Gasteiger partial charge in [-0.25, -0.2) is 4.98 Å². The fraction of sp³-hybridized carbons (Fsp3) is 0.690. The number of fused-ring (bicyclic) bond motifs is 1. The first kappa shape index (κ1) is 27.3. The lowest BCUT2D eigenvalue weighted by atomic mass is 9.63. The summed E-state index contributed by atoms with van der Waals surface area (Å²) in [6.07, 6.45) is 6.83. The first-order chi connectivity index (χ1) is 16.2. The minimum atomic E-state index is -0.0680. The smallest absolute Gasteiger partial charge is 0.0964 e. The van der Waals surface area contributed by atoms with Gasteiger partial charge in [0.15, 0.2) is 0 Å². The zero-order chi connectivity index (χ0) is 24.9. The molecule has 0 radical (unpaired) electrons. The van der Waals surface area contributed by atoms with E-state index in [4.69, 9.17) is 15.8 Å². The van der Waals surface area contributed by atoms with Crippen LogP contribution in [0.1, 0.15) is 102 Å². The van der Waals surface area contributed by atoms with Gasteiger partial charge in [0.05, 0.1) is 17.3 Å². The van der Waals surface area contributed by atoms with Crippen LogP contribution in [0.3, 0.4) is 0 Å². The van der Waals surface area contributed by atoms with Crippen LogP contribution in [0, 0.1) is 0 Å². The van der Waals surface area contributed by atoms with Crippen molar-refractivity contribution in [3.8, 4) is 11.3 Å². The molecule has 1 atom stereocenters. The molecule has 1 saturated heterocycles. The van der Waals surface area contributed by atoms with Crippen LogP contribution in [0.2, 0.25) is 0 Å². The molecule has 0 saturated carbocycles. The normalized spacial score (nSPS) is 20.8. The minimum Gasteiger partial charge on any atom is -0.395 e. The molecule has 0 spiro atoms. The number of aromatic nitrogens is 1. The minimum absolute atomic E-state index is 0.0680. The van der Waals surface area contributed by atoms with E-state index in [0.717, 1.165) is 38.2 Å². The Morgan fingerprint density at radius 2 is 1.74 bits per heavy atom. The van der Waals surface area contributed by atoms with E-state index in [9.17, 15) is 0 Å². The second-order valence-corrected chi connectivity index (χ2v) is 12.2. The Hall–Kier alpha value is -1.27. The molecule has 0 bridgehead atoms. The molecule has 190 valence electrons. The fourth-order valence-corrected chi connectivity index (χ4v) is 6.43. The third-order valence-electron chi connectivity index (χ3n) is 7.89. The van der Waals surface area contributed by atoms with Gasteiger partial charge in [-0.2, -0.15) is 0 Å². The quantitative estimate of drug-likeness (QED) is 0.472. The second-order valence-electron chi connectivity index (χ2n) is 11.3. The number of piperidine rings is 1. The molecule has 1 aromatic carbocycles. The lowest BCUT2D eigenvalue weighted by molar-refractivity contribution is 0.200. The average Bonchev–Trinajstić information content (AvgIpc) is 3.34. The third kappa shape index (κ3) is 6.29. The van der Waals surface area contributed by atoms with Crippen LogP contribution in [0.5, 0.6) is 0 Å². The lowest BCUT2D eigenvalue weighted by Gasteiger charge is -2.42. The summed E-state index contributed by atoms with van der Waals surface area (Å²) in [6, 6.07) is 7.02.